The van der Waals surface area contributed by atoms with Gasteiger partial charge in [0.2, 0.25) is 11.0 Å². The van der Waals surface area contributed by atoms with Gasteiger partial charge in [-0.25, -0.2) is 4.98 Å². The molecule has 1 aromatic heterocycles. The summed E-state index contributed by atoms with van der Waals surface area (Å²) in [5.74, 6) is -1.42. The summed E-state index contributed by atoms with van der Waals surface area (Å²) in [6.07, 6.45) is 0.103. The van der Waals surface area contributed by atoms with Gasteiger partial charge < -0.3 is 21.9 Å². The van der Waals surface area contributed by atoms with Crippen molar-refractivity contribution < 1.29 is 14.7 Å². The number of carbonyl (C=O) groups excluding carboxylic acids is 1. The van der Waals surface area contributed by atoms with Gasteiger partial charge in [0.15, 0.2) is 5.96 Å². The van der Waals surface area contributed by atoms with E-state index in [2.05, 4.69) is 15.3 Å². The van der Waals surface area contributed by atoms with Gasteiger partial charge in [-0.05, 0) is 30.5 Å². The number of carboxylic acid groups (broad SMARTS) is 1. The van der Waals surface area contributed by atoms with E-state index in [0.29, 0.717) is 10.8 Å². The zero-order valence-corrected chi connectivity index (χ0v) is 15.3. The summed E-state index contributed by atoms with van der Waals surface area (Å²) in [4.78, 5) is 31.9. The van der Waals surface area contributed by atoms with Gasteiger partial charge in [-0.1, -0.05) is 30.4 Å². The topological polar surface area (TPSA) is 144 Å². The molecule has 0 bridgehead atoms. The van der Waals surface area contributed by atoms with E-state index in [4.69, 9.17) is 16.6 Å². The fourth-order valence-electron chi connectivity index (χ4n) is 2.45. The molecule has 2 aromatic rings. The number of aromatic nitrogens is 1. The SMILES string of the molecule is Cc1nc(N=C(N)N)sc1-c1cccc(NC(=O)CC(C)CC(=O)O)c1. The maximum Gasteiger partial charge on any atom is 0.303 e. The van der Waals surface area contributed by atoms with Crippen molar-refractivity contribution in [2.45, 2.75) is 26.7 Å². The lowest BCUT2D eigenvalue weighted by Gasteiger charge is -2.10. The van der Waals surface area contributed by atoms with E-state index in [-0.39, 0.29) is 30.6 Å². The number of nitrogens with two attached hydrogens (primary N) is 2. The summed E-state index contributed by atoms with van der Waals surface area (Å²) in [6.45, 7) is 3.59. The highest BCUT2D eigenvalue weighted by Crippen LogP contribution is 2.35. The normalized spacial score (nSPS) is 11.6. The Morgan fingerprint density at radius 3 is 2.73 bits per heavy atom. The molecule has 2 rings (SSSR count). The molecule has 0 radical (unpaired) electrons. The van der Waals surface area contributed by atoms with Crippen molar-refractivity contribution >= 4 is 40.0 Å². The predicted molar refractivity (Wildman–Crippen MR) is 102 cm³/mol. The van der Waals surface area contributed by atoms with Crippen molar-refractivity contribution in [1.82, 2.24) is 4.98 Å². The largest absolute Gasteiger partial charge is 0.481 e. The first-order valence-electron chi connectivity index (χ1n) is 7.93. The third-order valence-electron chi connectivity index (χ3n) is 3.48. The molecule has 0 aliphatic rings. The molecule has 6 N–H and O–H groups in total. The Kier molecular flexibility index (Phi) is 6.29. The quantitative estimate of drug-likeness (QED) is 0.432. The number of hydrogen-bond donors (Lipinski definition) is 4. The van der Waals surface area contributed by atoms with Crippen molar-refractivity contribution in [2.75, 3.05) is 5.32 Å². The van der Waals surface area contributed by atoms with Crippen LogP contribution in [0.5, 0.6) is 0 Å². The average Bonchev–Trinajstić information content (AvgIpc) is 2.86. The third kappa shape index (κ3) is 5.55. The van der Waals surface area contributed by atoms with Crippen LogP contribution in [0.3, 0.4) is 0 Å². The molecule has 0 saturated carbocycles. The molecule has 0 fully saturated rings. The third-order valence-corrected chi connectivity index (χ3v) is 4.58. The molecule has 1 atom stereocenters. The molecule has 1 aromatic carbocycles. The Morgan fingerprint density at radius 2 is 2.08 bits per heavy atom. The maximum atomic E-state index is 12.1. The predicted octanol–water partition coefficient (Wildman–Crippen LogP) is 2.46. The minimum absolute atomic E-state index is 0.0406. The highest BCUT2D eigenvalue weighted by molar-refractivity contribution is 7.18. The first-order chi connectivity index (χ1) is 12.2. The second-order valence-corrected chi connectivity index (χ2v) is 6.96. The number of guanidine groups is 1. The Bertz CT molecular complexity index is 843. The number of benzene rings is 1. The van der Waals surface area contributed by atoms with Crippen LogP contribution in [0.1, 0.15) is 25.5 Å². The number of nitrogens with zero attached hydrogens (tertiary/aromatic N) is 2. The van der Waals surface area contributed by atoms with Crippen LogP contribution in [0.15, 0.2) is 29.3 Å². The number of anilines is 1. The molecule has 9 heteroatoms. The van der Waals surface area contributed by atoms with Crippen LogP contribution >= 0.6 is 11.3 Å². The fourth-order valence-corrected chi connectivity index (χ4v) is 3.40. The Labute approximate surface area is 155 Å². The van der Waals surface area contributed by atoms with Crippen LogP contribution in [0, 0.1) is 12.8 Å². The van der Waals surface area contributed by atoms with Gasteiger partial charge in [0.05, 0.1) is 10.6 Å². The Balaban J connectivity index is 2.13. The lowest BCUT2D eigenvalue weighted by Crippen LogP contribution is -2.21. The van der Waals surface area contributed by atoms with Gasteiger partial charge in [0.1, 0.15) is 0 Å². The van der Waals surface area contributed by atoms with Crippen LogP contribution < -0.4 is 16.8 Å². The smallest absolute Gasteiger partial charge is 0.303 e. The average molecular weight is 375 g/mol. The van der Waals surface area contributed by atoms with E-state index in [1.54, 1.807) is 13.0 Å². The van der Waals surface area contributed by atoms with Crippen molar-refractivity contribution in [3.8, 4) is 10.4 Å². The molecule has 8 nitrogen and oxygen atoms in total. The number of rotatable bonds is 7. The number of carbonyl (C=O) groups is 2. The van der Waals surface area contributed by atoms with Crippen LogP contribution in [0.2, 0.25) is 0 Å². The number of aliphatic carboxylic acids is 1. The van der Waals surface area contributed by atoms with Crippen LogP contribution in [0.4, 0.5) is 10.8 Å². The van der Waals surface area contributed by atoms with Gasteiger partial charge in [0.25, 0.3) is 0 Å². The number of thiazole rings is 1. The summed E-state index contributed by atoms with van der Waals surface area (Å²) in [5.41, 5.74) is 13.1. The van der Waals surface area contributed by atoms with Gasteiger partial charge in [-0.3, -0.25) is 9.59 Å². The van der Waals surface area contributed by atoms with Crippen molar-refractivity contribution in [1.29, 1.82) is 0 Å². The summed E-state index contributed by atoms with van der Waals surface area (Å²) in [7, 11) is 0. The zero-order chi connectivity index (χ0) is 19.3. The monoisotopic (exact) mass is 375 g/mol. The van der Waals surface area contributed by atoms with E-state index in [9.17, 15) is 9.59 Å². The fraction of sp³-hybridized carbons (Fsp3) is 0.294. The molecule has 1 unspecified atom stereocenters. The first kappa shape index (κ1) is 19.4. The molecule has 0 aliphatic carbocycles. The Hall–Kier alpha value is -2.94. The summed E-state index contributed by atoms with van der Waals surface area (Å²) in [5, 5.41) is 12.0. The maximum absolute atomic E-state index is 12.1. The van der Waals surface area contributed by atoms with Crippen LogP contribution in [-0.2, 0) is 9.59 Å². The van der Waals surface area contributed by atoms with Gasteiger partial charge in [-0.15, -0.1) is 0 Å². The number of hydrogen-bond acceptors (Lipinski definition) is 5. The summed E-state index contributed by atoms with van der Waals surface area (Å²) >= 11 is 1.35. The highest BCUT2D eigenvalue weighted by Gasteiger charge is 2.14. The van der Waals surface area contributed by atoms with Crippen molar-refractivity contribution in [3.05, 3.63) is 30.0 Å². The summed E-state index contributed by atoms with van der Waals surface area (Å²) in [6, 6.07) is 7.34. The molecule has 1 amide bonds. The van der Waals surface area contributed by atoms with Crippen LogP contribution in [0.25, 0.3) is 10.4 Å². The first-order valence-corrected chi connectivity index (χ1v) is 8.75. The number of nitrogens with one attached hydrogen (secondary N) is 1. The minimum atomic E-state index is -0.912. The lowest BCUT2D eigenvalue weighted by molar-refractivity contribution is -0.138. The molecular weight excluding hydrogens is 354 g/mol. The highest BCUT2D eigenvalue weighted by atomic mass is 32.1. The number of aliphatic imine (C=N–C) groups is 1. The van der Waals surface area contributed by atoms with Crippen molar-refractivity contribution in [3.63, 3.8) is 0 Å². The lowest BCUT2D eigenvalue weighted by atomic mass is 10.0. The molecule has 138 valence electrons. The van der Waals surface area contributed by atoms with E-state index < -0.39 is 5.97 Å². The minimum Gasteiger partial charge on any atom is -0.481 e. The second-order valence-electron chi connectivity index (χ2n) is 5.98. The molecule has 26 heavy (non-hydrogen) atoms. The van der Waals surface area contributed by atoms with Gasteiger partial charge in [-0.2, -0.15) is 4.99 Å². The molecule has 1 heterocycles. The van der Waals surface area contributed by atoms with Gasteiger partial charge in [0, 0.05) is 18.5 Å². The molecular formula is C17H21N5O3S. The number of amides is 1. The standard InChI is InChI=1S/C17H21N5O3S/c1-9(7-14(24)25)6-13(23)21-12-5-3-4-11(8-12)15-10(2)20-17(26-15)22-16(18)19/h3-5,8-9H,6-7H2,1-2H3,(H,21,23)(H,24,25)(H4,18,19,20,22). The van der Waals surface area contributed by atoms with Gasteiger partial charge >= 0.3 is 5.97 Å². The van der Waals surface area contributed by atoms with Crippen molar-refractivity contribution in [2.24, 2.45) is 22.4 Å². The van der Waals surface area contributed by atoms with Crippen LogP contribution in [-0.4, -0.2) is 27.9 Å². The molecule has 0 spiro atoms. The van der Waals surface area contributed by atoms with E-state index in [1.807, 2.05) is 25.1 Å². The van der Waals surface area contributed by atoms with E-state index in [1.165, 1.54) is 11.3 Å². The Morgan fingerprint density at radius 1 is 1.35 bits per heavy atom. The molecule has 0 saturated heterocycles. The second kappa shape index (κ2) is 8.43. The van der Waals surface area contributed by atoms with E-state index >= 15 is 0 Å². The summed E-state index contributed by atoms with van der Waals surface area (Å²) < 4.78 is 0. The number of aryl methyl sites for hydroxylation is 1. The molecule has 0 aliphatic heterocycles. The zero-order valence-electron chi connectivity index (χ0n) is 14.5. The number of carboxylic acids is 1. The van der Waals surface area contributed by atoms with E-state index in [0.717, 1.165) is 16.1 Å².